The number of aromatic hydroxyl groups is 1. The van der Waals surface area contributed by atoms with Gasteiger partial charge >= 0.3 is 6.03 Å². The normalized spacial score (nSPS) is 17.0. The molecule has 2 aromatic carbocycles. The monoisotopic (exact) mass is 1270 g/mol. The van der Waals surface area contributed by atoms with Crippen LogP contribution in [0.4, 0.5) is 4.79 Å². The van der Waals surface area contributed by atoms with Crippen LogP contribution in [0.25, 0.3) is 10.9 Å². The molecule has 0 unspecified atom stereocenters. The summed E-state index contributed by atoms with van der Waals surface area (Å²) in [5.41, 5.74) is 21.6. The summed E-state index contributed by atoms with van der Waals surface area (Å²) in [6.07, 6.45) is 4.91. The molecule has 0 spiro atoms. The average Bonchev–Trinajstić information content (AvgIpc) is 1.85. The number of hydrogen-bond donors (Lipinski definition) is 17. The summed E-state index contributed by atoms with van der Waals surface area (Å²) in [6, 6.07) is -0.716. The molecule has 0 saturated carbocycles. The zero-order chi connectivity index (χ0) is 66.5. The van der Waals surface area contributed by atoms with Crippen LogP contribution in [0, 0.1) is 5.92 Å². The van der Waals surface area contributed by atoms with Crippen LogP contribution >= 0.6 is 0 Å². The average molecular weight is 1270 g/mol. The van der Waals surface area contributed by atoms with E-state index < -0.39 is 132 Å². The zero-order valence-corrected chi connectivity index (χ0v) is 51.4. The van der Waals surface area contributed by atoms with Gasteiger partial charge in [0.25, 0.3) is 5.91 Å². The summed E-state index contributed by atoms with van der Waals surface area (Å²) in [6.45, 7) is 7.28. The van der Waals surface area contributed by atoms with Crippen LogP contribution in [0.5, 0.6) is 5.75 Å². The molecule has 32 heteroatoms. The number of fused-ring (bicyclic) bond motifs is 1. The number of hydrogen-bond acceptors (Lipinski definition) is 16. The number of imidazole rings is 1. The highest BCUT2D eigenvalue weighted by Gasteiger charge is 2.40. The Hall–Kier alpha value is -9.85. The van der Waals surface area contributed by atoms with Gasteiger partial charge in [0, 0.05) is 67.8 Å². The minimum Gasteiger partial charge on any atom is -0.508 e. The first kappa shape index (κ1) is 70.2. The number of primary amides is 1. The topological polar surface area (TPSA) is 496 Å². The molecule has 2 aliphatic heterocycles. The maximum absolute atomic E-state index is 14.8. The van der Waals surface area contributed by atoms with Crippen LogP contribution in [0.3, 0.4) is 0 Å². The summed E-state index contributed by atoms with van der Waals surface area (Å²) in [5.74, 6) is -8.58. The van der Waals surface area contributed by atoms with Gasteiger partial charge in [-0.15, -0.1) is 0 Å². The second-order valence-corrected chi connectivity index (χ2v) is 23.7. The van der Waals surface area contributed by atoms with E-state index in [9.17, 15) is 63.0 Å². The van der Waals surface area contributed by atoms with Gasteiger partial charge in [0.05, 0.1) is 25.1 Å². The Labute approximate surface area is 524 Å². The van der Waals surface area contributed by atoms with E-state index in [0.29, 0.717) is 34.1 Å². The standard InChI is InChI=1S/C59H84N18O14/c1-31(2)22-40(49(82)68-39(12-8-20-64-57(60)61)56(89)77-21-9-13-46(77)55(88)75-76-58(62)90)69-54(87)45(29-91-59(3,4)5)74-50(83)41(23-32-14-16-35(79)17-15-32)70-53(86)44(28-78)73-51(84)42(24-33-26-65-37-11-7-6-10-36(33)37)71-52(85)43(25-34-27-63-30-66-34)72-48(81)38-18-19-47(80)67-38/h6-7,10-11,14-17,26-27,30-31,38-46,65,78-79H,8-9,12-13,18-25,28-29H2,1-5H3,(H,63,66)(H,67,80)(H,68,82)(H,69,87)(H,70,86)(H,71,85)(H,72,81)(H,73,84)(H,74,83)(H,75,88)(H4,60,61,64)(H3,62,76,90)/t38-,39-,40+,41-,42-,43-,44-,45+,46-/m0/s1. The van der Waals surface area contributed by atoms with Crippen molar-refractivity contribution < 1.29 is 67.7 Å². The van der Waals surface area contributed by atoms with Crippen molar-refractivity contribution in [1.29, 1.82) is 0 Å². The summed E-state index contributed by atoms with van der Waals surface area (Å²) in [4.78, 5) is 167. The largest absolute Gasteiger partial charge is 0.508 e. The molecule has 0 bridgehead atoms. The number of benzene rings is 2. The summed E-state index contributed by atoms with van der Waals surface area (Å²) in [7, 11) is 0. The van der Waals surface area contributed by atoms with Gasteiger partial charge in [0.1, 0.15) is 60.1 Å². The highest BCUT2D eigenvalue weighted by Crippen LogP contribution is 2.22. The lowest BCUT2D eigenvalue weighted by Gasteiger charge is -2.31. The molecule has 2 aromatic heterocycles. The number of nitrogens with two attached hydrogens (primary N) is 3. The number of aromatic nitrogens is 3. The number of amides is 12. The number of urea groups is 1. The minimum atomic E-state index is -1.80. The number of nitrogens with one attached hydrogen (secondary N) is 12. The fourth-order valence-corrected chi connectivity index (χ4v) is 10.2. The van der Waals surface area contributed by atoms with Gasteiger partial charge in [-0.2, -0.15) is 0 Å². The van der Waals surface area contributed by atoms with Crippen molar-refractivity contribution in [1.82, 2.24) is 73.2 Å². The quantitative estimate of drug-likeness (QED) is 0.0103. The molecule has 2 aliphatic rings. The SMILES string of the molecule is CC(C)C[C@@H](NC(=O)[C@@H](COC(C)(C)C)NC(=O)[C@H](Cc1ccc(O)cc1)NC(=O)[C@H](CO)NC(=O)[C@H](Cc1c[nH]c2ccccc12)NC(=O)[C@H](Cc1cnc[nH]1)NC(=O)[C@@H]1CCC(=O)N1)C(=O)N[C@@H](CCCN=C(N)N)C(=O)N1CCC[C@H]1C(=O)NNC(N)=O. The van der Waals surface area contributed by atoms with Crippen LogP contribution in [0.1, 0.15) is 96.4 Å². The Bertz CT molecular complexity index is 3240. The van der Waals surface area contributed by atoms with Crippen molar-refractivity contribution in [3.05, 3.63) is 84.1 Å². The van der Waals surface area contributed by atoms with E-state index in [0.717, 1.165) is 0 Å². The molecule has 12 amide bonds. The van der Waals surface area contributed by atoms with E-state index in [1.807, 2.05) is 5.43 Å². The number of phenols is 1. The third-order valence-electron chi connectivity index (χ3n) is 14.8. The molecule has 2 saturated heterocycles. The van der Waals surface area contributed by atoms with Gasteiger partial charge in [-0.1, -0.05) is 44.2 Å². The van der Waals surface area contributed by atoms with Gasteiger partial charge in [0.2, 0.25) is 53.2 Å². The number of aliphatic hydroxyl groups excluding tert-OH is 1. The lowest BCUT2D eigenvalue weighted by atomic mass is 10.0. The van der Waals surface area contributed by atoms with Crippen molar-refractivity contribution in [3.63, 3.8) is 0 Å². The minimum absolute atomic E-state index is 0.00453. The van der Waals surface area contributed by atoms with Crippen LogP contribution in [0.15, 0.2) is 72.2 Å². The number of phenolic OH excluding ortho intramolecular Hbond substituents is 1. The number of para-hydroxylation sites is 1. The Morgan fingerprint density at radius 3 is 1.95 bits per heavy atom. The molecule has 4 aromatic rings. The number of likely N-dealkylation sites (tertiary alicyclic amines) is 1. The highest BCUT2D eigenvalue weighted by atomic mass is 16.5. The van der Waals surface area contributed by atoms with Crippen molar-refractivity contribution in [2.75, 3.05) is 26.3 Å². The highest BCUT2D eigenvalue weighted by molar-refractivity contribution is 5.99. The molecule has 6 rings (SSSR count). The third kappa shape index (κ3) is 21.7. The van der Waals surface area contributed by atoms with E-state index in [2.05, 4.69) is 67.9 Å². The number of carbonyl (C=O) groups is 11. The third-order valence-corrected chi connectivity index (χ3v) is 14.8. The molecule has 494 valence electrons. The lowest BCUT2D eigenvalue weighted by Crippen LogP contribution is -2.62. The van der Waals surface area contributed by atoms with E-state index in [1.54, 1.807) is 65.1 Å². The van der Waals surface area contributed by atoms with Crippen molar-refractivity contribution in [2.45, 2.75) is 159 Å². The maximum atomic E-state index is 14.8. The van der Waals surface area contributed by atoms with Crippen LogP contribution in [-0.2, 0) is 71.9 Å². The first-order valence-electron chi connectivity index (χ1n) is 29.9. The predicted octanol–water partition coefficient (Wildman–Crippen LogP) is -3.11. The molecule has 2 fully saturated rings. The molecule has 32 nitrogen and oxygen atoms in total. The molecule has 0 aliphatic carbocycles. The van der Waals surface area contributed by atoms with E-state index >= 15 is 0 Å². The molecule has 9 atom stereocenters. The Morgan fingerprint density at radius 1 is 0.725 bits per heavy atom. The fraction of sp³-hybridized carbons (Fsp3) is 0.508. The Kier molecular flexibility index (Phi) is 25.6. The number of aliphatic imine (C=N–C) groups is 1. The fourth-order valence-electron chi connectivity index (χ4n) is 10.2. The number of guanidine groups is 1. The van der Waals surface area contributed by atoms with E-state index in [1.165, 1.54) is 41.7 Å². The number of aliphatic hydroxyl groups is 1. The first-order chi connectivity index (χ1) is 43.2. The number of ether oxygens (including phenoxy) is 1. The number of aromatic amines is 2. The number of hydrazine groups is 1. The van der Waals surface area contributed by atoms with Gasteiger partial charge in [-0.25, -0.2) is 15.2 Å². The molecular weight excluding hydrogens is 1180 g/mol. The van der Waals surface area contributed by atoms with Gasteiger partial charge in [0.15, 0.2) is 5.96 Å². The zero-order valence-electron chi connectivity index (χ0n) is 51.4. The Morgan fingerprint density at radius 2 is 1.33 bits per heavy atom. The maximum Gasteiger partial charge on any atom is 0.330 e. The van der Waals surface area contributed by atoms with Crippen LogP contribution in [0.2, 0.25) is 0 Å². The van der Waals surface area contributed by atoms with Crippen LogP contribution in [-0.4, -0.2) is 187 Å². The summed E-state index contributed by atoms with van der Waals surface area (Å²) in [5, 5.41) is 42.8. The molecule has 20 N–H and O–H groups in total. The number of carbonyl (C=O) groups excluding carboxylic acids is 11. The van der Waals surface area contributed by atoms with Gasteiger partial charge in [-0.3, -0.25) is 58.4 Å². The molecule has 4 heterocycles. The van der Waals surface area contributed by atoms with Crippen LogP contribution < -0.4 is 70.6 Å². The first-order valence-corrected chi connectivity index (χ1v) is 29.9. The van der Waals surface area contributed by atoms with E-state index in [-0.39, 0.29) is 94.4 Å². The molecule has 91 heavy (non-hydrogen) atoms. The number of nitrogens with zero attached hydrogens (tertiary/aromatic N) is 3. The number of H-pyrrole nitrogens is 2. The van der Waals surface area contributed by atoms with Gasteiger partial charge in [-0.05, 0) is 94.5 Å². The number of rotatable bonds is 31. The summed E-state index contributed by atoms with van der Waals surface area (Å²) < 4.78 is 6.03. The van der Waals surface area contributed by atoms with E-state index in [4.69, 9.17) is 21.9 Å². The van der Waals surface area contributed by atoms with Crippen molar-refractivity contribution in [3.8, 4) is 5.75 Å². The smallest absolute Gasteiger partial charge is 0.330 e. The molecule has 0 radical (unpaired) electrons. The van der Waals surface area contributed by atoms with Crippen molar-refractivity contribution >= 4 is 82.0 Å². The summed E-state index contributed by atoms with van der Waals surface area (Å²) >= 11 is 0. The second-order valence-electron chi connectivity index (χ2n) is 23.7. The van der Waals surface area contributed by atoms with Gasteiger partial charge < -0.3 is 89.6 Å². The predicted molar refractivity (Wildman–Crippen MR) is 329 cm³/mol. The second kappa shape index (κ2) is 33.1. The molecular formula is C59H84N18O14. The Balaban J connectivity index is 1.24. The van der Waals surface area contributed by atoms with Crippen molar-refractivity contribution in [2.24, 2.45) is 28.1 Å². The lowest BCUT2D eigenvalue weighted by molar-refractivity contribution is -0.142.